The fourth-order valence-corrected chi connectivity index (χ4v) is 3.20. The Morgan fingerprint density at radius 1 is 1.14 bits per heavy atom. The summed E-state index contributed by atoms with van der Waals surface area (Å²) in [6.07, 6.45) is 0. The van der Waals surface area contributed by atoms with Crippen LogP contribution in [0.15, 0.2) is 12.1 Å². The fraction of sp³-hybridized carbons (Fsp3) is 0.375. The molecule has 21 heavy (non-hydrogen) atoms. The molecule has 112 valence electrons. The maximum absolute atomic E-state index is 5.26. The number of aromatic nitrogens is 2. The van der Waals surface area contributed by atoms with Crippen molar-refractivity contribution in [3.05, 3.63) is 38.1 Å². The third-order valence-corrected chi connectivity index (χ3v) is 4.47. The number of benzene rings is 1. The molecule has 1 aromatic heterocycles. The SMILES string of the molecule is CNc1nc(-c2c(C)cc(C)cc2C)nc(COC)c1I. The van der Waals surface area contributed by atoms with Crippen molar-refractivity contribution in [1.82, 2.24) is 9.97 Å². The quantitative estimate of drug-likeness (QED) is 0.796. The Balaban J connectivity index is 2.67. The lowest BCUT2D eigenvalue weighted by molar-refractivity contribution is 0.181. The van der Waals surface area contributed by atoms with Crippen molar-refractivity contribution in [2.75, 3.05) is 19.5 Å². The van der Waals surface area contributed by atoms with Crippen molar-refractivity contribution in [2.24, 2.45) is 0 Å². The number of ether oxygens (including phenoxy) is 1. The van der Waals surface area contributed by atoms with Crippen molar-refractivity contribution in [3.63, 3.8) is 0 Å². The van der Waals surface area contributed by atoms with Crippen LogP contribution in [0.2, 0.25) is 0 Å². The molecule has 0 saturated carbocycles. The highest BCUT2D eigenvalue weighted by atomic mass is 127. The molecule has 1 aromatic carbocycles. The summed E-state index contributed by atoms with van der Waals surface area (Å²) in [5.41, 5.74) is 5.65. The summed E-state index contributed by atoms with van der Waals surface area (Å²) in [5.74, 6) is 1.59. The average molecular weight is 397 g/mol. The van der Waals surface area contributed by atoms with Gasteiger partial charge in [-0.05, 0) is 54.5 Å². The van der Waals surface area contributed by atoms with E-state index in [1.54, 1.807) is 7.11 Å². The molecular formula is C16H20IN3O. The zero-order valence-corrected chi connectivity index (χ0v) is 15.2. The first-order chi connectivity index (χ1) is 9.97. The van der Waals surface area contributed by atoms with Gasteiger partial charge < -0.3 is 10.1 Å². The molecule has 0 aliphatic rings. The van der Waals surface area contributed by atoms with E-state index < -0.39 is 0 Å². The van der Waals surface area contributed by atoms with E-state index in [1.165, 1.54) is 16.7 Å². The van der Waals surface area contributed by atoms with Crippen molar-refractivity contribution in [1.29, 1.82) is 0 Å². The van der Waals surface area contributed by atoms with E-state index in [0.717, 1.165) is 26.5 Å². The van der Waals surface area contributed by atoms with Crippen LogP contribution in [0, 0.1) is 24.3 Å². The minimum absolute atomic E-state index is 0.479. The second-order valence-electron chi connectivity index (χ2n) is 5.11. The van der Waals surface area contributed by atoms with Gasteiger partial charge in [0.1, 0.15) is 5.82 Å². The summed E-state index contributed by atoms with van der Waals surface area (Å²) in [4.78, 5) is 9.38. The zero-order chi connectivity index (χ0) is 15.6. The molecule has 0 unspecified atom stereocenters. The highest BCUT2D eigenvalue weighted by Gasteiger charge is 2.15. The Morgan fingerprint density at radius 3 is 2.29 bits per heavy atom. The third-order valence-electron chi connectivity index (χ3n) is 3.34. The Morgan fingerprint density at radius 2 is 1.76 bits per heavy atom. The Bertz CT molecular complexity index is 648. The minimum Gasteiger partial charge on any atom is -0.378 e. The molecule has 0 radical (unpaired) electrons. The molecule has 2 aromatic rings. The number of hydrogen-bond acceptors (Lipinski definition) is 4. The predicted octanol–water partition coefficient (Wildman–Crippen LogP) is 3.86. The summed E-state index contributed by atoms with van der Waals surface area (Å²) in [5, 5.41) is 3.14. The number of rotatable bonds is 4. The maximum Gasteiger partial charge on any atom is 0.162 e. The summed E-state index contributed by atoms with van der Waals surface area (Å²) in [7, 11) is 3.55. The number of anilines is 1. The molecule has 1 N–H and O–H groups in total. The predicted molar refractivity (Wildman–Crippen MR) is 94.7 cm³/mol. The minimum atomic E-state index is 0.479. The molecule has 0 aliphatic heterocycles. The topological polar surface area (TPSA) is 47.0 Å². The molecule has 0 saturated heterocycles. The van der Waals surface area contributed by atoms with Crippen LogP contribution in [0.25, 0.3) is 11.4 Å². The second kappa shape index (κ2) is 6.70. The van der Waals surface area contributed by atoms with Crippen molar-refractivity contribution < 1.29 is 4.74 Å². The van der Waals surface area contributed by atoms with E-state index in [4.69, 9.17) is 9.72 Å². The summed E-state index contributed by atoms with van der Waals surface area (Å²) in [6, 6.07) is 4.33. The molecule has 0 spiro atoms. The summed E-state index contributed by atoms with van der Waals surface area (Å²) < 4.78 is 6.26. The average Bonchev–Trinajstić information content (AvgIpc) is 2.41. The standard InChI is InChI=1S/C16H20IN3O/c1-9-6-10(2)13(11(3)7-9)15-19-12(8-21-5)14(17)16(18-4)20-15/h6-7H,8H2,1-5H3,(H,18,19,20). The van der Waals surface area contributed by atoms with E-state index in [9.17, 15) is 0 Å². The van der Waals surface area contributed by atoms with Crippen molar-refractivity contribution in [2.45, 2.75) is 27.4 Å². The van der Waals surface area contributed by atoms with Crippen LogP contribution in [0.3, 0.4) is 0 Å². The molecule has 0 fully saturated rings. The number of nitrogens with zero attached hydrogens (tertiary/aromatic N) is 2. The molecule has 5 heteroatoms. The number of methoxy groups -OCH3 is 1. The summed E-state index contributed by atoms with van der Waals surface area (Å²) in [6.45, 7) is 6.79. The molecule has 0 atom stereocenters. The van der Waals surface area contributed by atoms with Gasteiger partial charge in [-0.3, -0.25) is 0 Å². The lowest BCUT2D eigenvalue weighted by Crippen LogP contribution is -2.07. The Kier molecular flexibility index (Phi) is 5.16. The molecule has 0 amide bonds. The van der Waals surface area contributed by atoms with E-state index in [1.807, 2.05) is 7.05 Å². The van der Waals surface area contributed by atoms with Gasteiger partial charge in [0.25, 0.3) is 0 Å². The molecule has 1 heterocycles. The number of hydrogen-bond donors (Lipinski definition) is 1. The maximum atomic E-state index is 5.26. The van der Waals surface area contributed by atoms with Crippen molar-refractivity contribution in [3.8, 4) is 11.4 Å². The fourth-order valence-electron chi connectivity index (χ4n) is 2.54. The Hall–Kier alpha value is -1.21. The van der Waals surface area contributed by atoms with Crippen LogP contribution in [-0.4, -0.2) is 24.1 Å². The van der Waals surface area contributed by atoms with Gasteiger partial charge in [-0.1, -0.05) is 17.7 Å². The van der Waals surface area contributed by atoms with E-state index in [2.05, 4.69) is 65.8 Å². The van der Waals surface area contributed by atoms with E-state index in [0.29, 0.717) is 6.61 Å². The zero-order valence-electron chi connectivity index (χ0n) is 13.0. The van der Waals surface area contributed by atoms with Gasteiger partial charge in [0.05, 0.1) is 15.9 Å². The van der Waals surface area contributed by atoms with Gasteiger partial charge in [0.15, 0.2) is 5.82 Å². The van der Waals surface area contributed by atoms with Gasteiger partial charge in [0, 0.05) is 19.7 Å². The van der Waals surface area contributed by atoms with Gasteiger partial charge in [-0.2, -0.15) is 0 Å². The normalized spacial score (nSPS) is 10.8. The van der Waals surface area contributed by atoms with Crippen LogP contribution in [0.5, 0.6) is 0 Å². The first-order valence-electron chi connectivity index (χ1n) is 6.79. The monoisotopic (exact) mass is 397 g/mol. The number of halogens is 1. The Labute approximate surface area is 139 Å². The van der Waals surface area contributed by atoms with Crippen LogP contribution < -0.4 is 5.32 Å². The largest absolute Gasteiger partial charge is 0.378 e. The molecule has 2 rings (SSSR count). The lowest BCUT2D eigenvalue weighted by atomic mass is 9.99. The van der Waals surface area contributed by atoms with E-state index >= 15 is 0 Å². The second-order valence-corrected chi connectivity index (χ2v) is 6.19. The molecule has 4 nitrogen and oxygen atoms in total. The van der Waals surface area contributed by atoms with Gasteiger partial charge in [-0.15, -0.1) is 0 Å². The van der Waals surface area contributed by atoms with Crippen LogP contribution in [-0.2, 0) is 11.3 Å². The highest BCUT2D eigenvalue weighted by Crippen LogP contribution is 2.29. The first kappa shape index (κ1) is 16.2. The van der Waals surface area contributed by atoms with Gasteiger partial charge >= 0.3 is 0 Å². The van der Waals surface area contributed by atoms with Crippen molar-refractivity contribution >= 4 is 28.4 Å². The smallest absolute Gasteiger partial charge is 0.162 e. The molecular weight excluding hydrogens is 377 g/mol. The first-order valence-corrected chi connectivity index (χ1v) is 7.87. The highest BCUT2D eigenvalue weighted by molar-refractivity contribution is 14.1. The van der Waals surface area contributed by atoms with E-state index in [-0.39, 0.29) is 0 Å². The number of nitrogens with one attached hydrogen (secondary N) is 1. The van der Waals surface area contributed by atoms with Crippen LogP contribution in [0.4, 0.5) is 5.82 Å². The third kappa shape index (κ3) is 3.35. The summed E-state index contributed by atoms with van der Waals surface area (Å²) >= 11 is 2.26. The number of aryl methyl sites for hydroxylation is 3. The van der Waals surface area contributed by atoms with Gasteiger partial charge in [0.2, 0.25) is 0 Å². The van der Waals surface area contributed by atoms with Gasteiger partial charge in [-0.25, -0.2) is 9.97 Å². The van der Waals surface area contributed by atoms with Crippen LogP contribution >= 0.6 is 22.6 Å². The van der Waals surface area contributed by atoms with Crippen LogP contribution in [0.1, 0.15) is 22.4 Å². The molecule has 0 aliphatic carbocycles. The molecule has 0 bridgehead atoms. The lowest BCUT2D eigenvalue weighted by Gasteiger charge is -2.14.